The van der Waals surface area contributed by atoms with E-state index in [2.05, 4.69) is 26.3 Å². The van der Waals surface area contributed by atoms with Crippen molar-refractivity contribution in [2.45, 2.75) is 114 Å². The first-order chi connectivity index (χ1) is 26.0. The molecule has 2 fully saturated rings. The molecule has 16 nitrogen and oxygen atoms in total. The molecule has 3 aliphatic rings. The number of rotatable bonds is 12. The number of fused-ring (bicyclic) bond motifs is 4. The number of ketones is 1. The fourth-order valence-electron chi connectivity index (χ4n) is 7.47. The topological polar surface area (TPSA) is 218 Å². The van der Waals surface area contributed by atoms with Gasteiger partial charge in [-0.05, 0) is 43.6 Å². The number of hydrogen-bond acceptors (Lipinski definition) is 9. The van der Waals surface area contributed by atoms with Crippen molar-refractivity contribution in [1.29, 1.82) is 0 Å². The number of amides is 5. The minimum absolute atomic E-state index is 0.0108. The zero-order valence-electron chi connectivity index (χ0n) is 30.7. The summed E-state index contributed by atoms with van der Waals surface area (Å²) in [5.41, 5.74) is 0.921. The number of carboxylic acid groups (broad SMARTS) is 1. The van der Waals surface area contributed by atoms with Gasteiger partial charge in [0.2, 0.25) is 29.4 Å². The van der Waals surface area contributed by atoms with Crippen LogP contribution in [0.1, 0.15) is 88.4 Å². The predicted molar refractivity (Wildman–Crippen MR) is 193 cm³/mol. The van der Waals surface area contributed by atoms with E-state index in [0.29, 0.717) is 30.8 Å². The number of Topliss-reactive ketones (excluding diaryl/α,β-unsaturated/α-hetero) is 1. The first kappa shape index (κ1) is 40.1. The fraction of sp³-hybridized carbons (Fsp3) is 0.579. The fourth-order valence-corrected chi connectivity index (χ4v) is 7.47. The van der Waals surface area contributed by atoms with E-state index in [1.54, 1.807) is 31.5 Å². The molecule has 5 atom stereocenters. The van der Waals surface area contributed by atoms with E-state index in [1.807, 2.05) is 10.8 Å². The third-order valence-corrected chi connectivity index (χ3v) is 10.3. The van der Waals surface area contributed by atoms with Crippen molar-refractivity contribution in [2.75, 3.05) is 19.7 Å². The number of carbonyl (C=O) groups is 7. The van der Waals surface area contributed by atoms with E-state index in [1.165, 1.54) is 17.0 Å². The number of nitrogens with zero attached hydrogens (tertiary/aromatic N) is 3. The molecular formula is C38H51N7O9. The Balaban J connectivity index is 1.27. The van der Waals surface area contributed by atoms with Crippen LogP contribution in [0.15, 0.2) is 42.9 Å². The van der Waals surface area contributed by atoms with Crippen LogP contribution in [-0.2, 0) is 51.3 Å². The molecule has 292 valence electrons. The van der Waals surface area contributed by atoms with Gasteiger partial charge in [0.25, 0.3) is 5.91 Å². The van der Waals surface area contributed by atoms with Crippen LogP contribution >= 0.6 is 0 Å². The number of ether oxygens (including phenoxy) is 1. The summed E-state index contributed by atoms with van der Waals surface area (Å²) < 4.78 is 8.10. The van der Waals surface area contributed by atoms with Gasteiger partial charge >= 0.3 is 5.97 Å². The van der Waals surface area contributed by atoms with Gasteiger partial charge in [-0.3, -0.25) is 28.8 Å². The molecule has 0 radical (unpaired) electrons. The second-order valence-corrected chi connectivity index (χ2v) is 14.3. The Morgan fingerprint density at radius 2 is 1.78 bits per heavy atom. The molecule has 1 aromatic carbocycles. The number of aliphatic carboxylic acids is 1. The van der Waals surface area contributed by atoms with Gasteiger partial charge in [-0.2, -0.15) is 0 Å². The Morgan fingerprint density at radius 1 is 1.02 bits per heavy atom. The SMILES string of the molecule is CCCC(NC(=O)[C@@H]1C[C@@H]2CN1C(=O)[C@H](C1CCCCC1)NC(=O)Cc1cn(cn1)CCCCO2)C(=O)C(=O)NCC(=O)N[C@H](C(=O)O)c1ccccc1. The highest BCUT2D eigenvalue weighted by Crippen LogP contribution is 2.30. The van der Waals surface area contributed by atoms with Gasteiger partial charge in [-0.1, -0.05) is 62.9 Å². The maximum Gasteiger partial charge on any atom is 0.330 e. The molecule has 5 amide bonds. The van der Waals surface area contributed by atoms with E-state index < -0.39 is 72.2 Å². The Morgan fingerprint density at radius 3 is 2.50 bits per heavy atom. The van der Waals surface area contributed by atoms with E-state index >= 15 is 0 Å². The first-order valence-electron chi connectivity index (χ1n) is 19.0. The Kier molecular flexibility index (Phi) is 14.3. The molecule has 4 bridgehead atoms. The molecular weight excluding hydrogens is 698 g/mol. The molecule has 1 aliphatic carbocycles. The summed E-state index contributed by atoms with van der Waals surface area (Å²) in [7, 11) is 0. The van der Waals surface area contributed by atoms with Crippen molar-refractivity contribution in [3.63, 3.8) is 0 Å². The van der Waals surface area contributed by atoms with Crippen LogP contribution in [0, 0.1) is 5.92 Å². The van der Waals surface area contributed by atoms with Crippen molar-refractivity contribution in [2.24, 2.45) is 5.92 Å². The van der Waals surface area contributed by atoms with Crippen LogP contribution < -0.4 is 21.3 Å². The van der Waals surface area contributed by atoms with E-state index in [-0.39, 0.29) is 37.6 Å². The average molecular weight is 750 g/mol. The van der Waals surface area contributed by atoms with E-state index in [0.717, 1.165) is 44.9 Å². The number of aromatic nitrogens is 2. The monoisotopic (exact) mass is 749 g/mol. The summed E-state index contributed by atoms with van der Waals surface area (Å²) in [4.78, 5) is 98.3. The lowest BCUT2D eigenvalue weighted by Crippen LogP contribution is -2.58. The summed E-state index contributed by atoms with van der Waals surface area (Å²) in [6, 6.07) is 3.51. The number of carbonyl (C=O) groups excluding carboxylic acids is 6. The highest BCUT2D eigenvalue weighted by molar-refractivity contribution is 6.38. The molecule has 1 saturated heterocycles. The summed E-state index contributed by atoms with van der Waals surface area (Å²) in [5, 5.41) is 19.8. The summed E-state index contributed by atoms with van der Waals surface area (Å²) in [6.45, 7) is 2.34. The molecule has 54 heavy (non-hydrogen) atoms. The largest absolute Gasteiger partial charge is 0.479 e. The number of aryl methyl sites for hydroxylation is 1. The number of hydrogen-bond donors (Lipinski definition) is 5. The molecule has 5 N–H and O–H groups in total. The third kappa shape index (κ3) is 10.7. The summed E-state index contributed by atoms with van der Waals surface area (Å²) >= 11 is 0. The number of carboxylic acids is 1. The zero-order valence-corrected chi connectivity index (χ0v) is 30.7. The molecule has 16 heteroatoms. The van der Waals surface area contributed by atoms with E-state index in [4.69, 9.17) is 4.74 Å². The minimum atomic E-state index is -1.37. The van der Waals surface area contributed by atoms with Gasteiger partial charge in [0.05, 0.1) is 37.1 Å². The molecule has 1 unspecified atom stereocenters. The normalized spacial score (nSPS) is 22.4. The molecule has 0 spiro atoms. The highest BCUT2D eigenvalue weighted by Gasteiger charge is 2.45. The standard InChI is InChI=1S/C38H51N7O9/c1-2-11-28(34(48)36(50)39-20-31(47)43-33(38(52)53)25-14-7-4-8-15-25)41-35(49)29-19-27-22-45(29)37(51)32(24-12-5-3-6-13-24)42-30(46)18-26-21-44(23-40-26)16-9-10-17-54-27/h4,7-8,14-15,21,23-24,27-29,32-33H,2-3,5-6,9-13,16-20,22H2,1H3,(H,39,50)(H,41,49)(H,42,46)(H,43,47)(H,52,53)/t27-,28?,29+,32+,33+/m1/s1. The van der Waals surface area contributed by atoms with Crippen LogP contribution in [-0.4, -0.2) is 105 Å². The van der Waals surface area contributed by atoms with Gasteiger partial charge < -0.3 is 40.6 Å². The van der Waals surface area contributed by atoms with Gasteiger partial charge in [-0.15, -0.1) is 0 Å². The summed E-state index contributed by atoms with van der Waals surface area (Å²) in [6.07, 6.45) is 9.67. The number of imidazole rings is 1. The molecule has 3 heterocycles. The molecule has 5 rings (SSSR count). The maximum absolute atomic E-state index is 14.4. The van der Waals surface area contributed by atoms with Crippen LogP contribution in [0.25, 0.3) is 0 Å². The Hall–Kier alpha value is -5.12. The lowest BCUT2D eigenvalue weighted by molar-refractivity contribution is -0.144. The van der Waals surface area contributed by atoms with Gasteiger partial charge in [0.15, 0.2) is 6.04 Å². The highest BCUT2D eigenvalue weighted by atomic mass is 16.5. The molecule has 1 aromatic heterocycles. The molecule has 2 aromatic rings. The lowest BCUT2D eigenvalue weighted by Gasteiger charge is -2.34. The zero-order chi connectivity index (χ0) is 38.6. The van der Waals surface area contributed by atoms with Gasteiger partial charge in [0, 0.05) is 32.3 Å². The Labute approximate surface area is 314 Å². The smallest absolute Gasteiger partial charge is 0.330 e. The maximum atomic E-state index is 14.4. The average Bonchev–Trinajstić information content (AvgIpc) is 3.81. The van der Waals surface area contributed by atoms with Crippen molar-refractivity contribution in [3.8, 4) is 0 Å². The van der Waals surface area contributed by atoms with Crippen LogP contribution in [0.5, 0.6) is 0 Å². The van der Waals surface area contributed by atoms with Crippen LogP contribution in [0.2, 0.25) is 0 Å². The predicted octanol–water partition coefficient (Wildman–Crippen LogP) is 1.18. The third-order valence-electron chi connectivity index (χ3n) is 10.3. The van der Waals surface area contributed by atoms with Crippen molar-refractivity contribution in [1.82, 2.24) is 35.7 Å². The van der Waals surface area contributed by atoms with Crippen molar-refractivity contribution in [3.05, 3.63) is 54.1 Å². The van der Waals surface area contributed by atoms with Crippen LogP contribution in [0.4, 0.5) is 0 Å². The quantitative estimate of drug-likeness (QED) is 0.195. The van der Waals surface area contributed by atoms with E-state index in [9.17, 15) is 38.7 Å². The second kappa shape index (κ2) is 19.3. The van der Waals surface area contributed by atoms with Gasteiger partial charge in [-0.25, -0.2) is 9.78 Å². The summed E-state index contributed by atoms with van der Waals surface area (Å²) in [5.74, 6) is -5.72. The van der Waals surface area contributed by atoms with Gasteiger partial charge in [0.1, 0.15) is 12.1 Å². The first-order valence-corrected chi connectivity index (χ1v) is 19.0. The minimum Gasteiger partial charge on any atom is -0.479 e. The number of nitrogens with one attached hydrogen (secondary N) is 4. The van der Waals surface area contributed by atoms with Crippen molar-refractivity contribution >= 4 is 41.3 Å². The second-order valence-electron chi connectivity index (χ2n) is 14.3. The number of benzene rings is 1. The molecule has 2 aliphatic heterocycles. The Bertz CT molecular complexity index is 1660. The van der Waals surface area contributed by atoms with Crippen molar-refractivity contribution < 1.29 is 43.4 Å². The molecule has 1 saturated carbocycles. The lowest BCUT2D eigenvalue weighted by atomic mass is 9.83. The van der Waals surface area contributed by atoms with Crippen LogP contribution in [0.3, 0.4) is 0 Å².